The predicted octanol–water partition coefficient (Wildman–Crippen LogP) is 15.1. The first kappa shape index (κ1) is 40.5. The van der Waals surface area contributed by atoms with E-state index >= 15 is 0 Å². The zero-order chi connectivity index (χ0) is 41.9. The van der Waals surface area contributed by atoms with E-state index in [-0.39, 0.29) is 10.8 Å². The van der Waals surface area contributed by atoms with Crippen molar-refractivity contribution >= 4 is 0 Å². The smallest absolute Gasteiger partial charge is 0.163 e. The third-order valence-corrected chi connectivity index (χ3v) is 13.4. The molecule has 0 atom stereocenters. The highest BCUT2D eigenvalue weighted by atomic mass is 15.4. The maximum Gasteiger partial charge on any atom is 0.163 e. The summed E-state index contributed by atoms with van der Waals surface area (Å²) in [5.41, 5.74) is 17.0. The van der Waals surface area contributed by atoms with E-state index < -0.39 is 0 Å². The average molecular weight is 784 g/mol. The van der Waals surface area contributed by atoms with Gasteiger partial charge in [-0.15, -0.1) is 0 Å². The molecule has 0 aliphatic heterocycles. The van der Waals surface area contributed by atoms with Gasteiger partial charge in [0, 0.05) is 16.4 Å². The van der Waals surface area contributed by atoms with Crippen molar-refractivity contribution < 1.29 is 0 Å². The molecular formula is C57H57N3. The van der Waals surface area contributed by atoms with Crippen LogP contribution in [0.5, 0.6) is 0 Å². The van der Waals surface area contributed by atoms with Crippen molar-refractivity contribution in [3.05, 3.63) is 209 Å². The minimum absolute atomic E-state index is 0.0311. The molecule has 0 amide bonds. The van der Waals surface area contributed by atoms with Crippen molar-refractivity contribution in [2.75, 3.05) is 0 Å². The summed E-state index contributed by atoms with van der Waals surface area (Å²) < 4.78 is 2.02. The number of aryl methyl sites for hydroxylation is 3. The first-order chi connectivity index (χ1) is 29.2. The molecule has 0 unspecified atom stereocenters. The fourth-order valence-electron chi connectivity index (χ4n) is 9.81. The zero-order valence-electron chi connectivity index (χ0n) is 36.3. The Morgan fingerprint density at radius 3 is 1.22 bits per heavy atom. The third-order valence-electron chi connectivity index (χ3n) is 13.4. The van der Waals surface area contributed by atoms with E-state index in [1.54, 1.807) is 0 Å². The Hall–Kier alpha value is -6.32. The molecule has 7 aromatic carbocycles. The van der Waals surface area contributed by atoms with E-state index in [1.165, 1.54) is 55.6 Å². The van der Waals surface area contributed by atoms with Crippen molar-refractivity contribution in [3.8, 4) is 50.5 Å². The molecule has 1 heterocycles. The van der Waals surface area contributed by atoms with Gasteiger partial charge in [0.2, 0.25) is 0 Å². The van der Waals surface area contributed by atoms with E-state index in [0.717, 1.165) is 59.7 Å². The molecule has 8 rings (SSSR count). The van der Waals surface area contributed by atoms with Crippen molar-refractivity contribution in [2.45, 2.75) is 85.0 Å². The summed E-state index contributed by atoms with van der Waals surface area (Å²) >= 11 is 0. The summed E-state index contributed by atoms with van der Waals surface area (Å²) in [5, 5.41) is 4.91. The van der Waals surface area contributed by atoms with Gasteiger partial charge in [0.05, 0.1) is 5.69 Å². The Balaban J connectivity index is 1.25. The molecule has 1 aromatic heterocycles. The summed E-state index contributed by atoms with van der Waals surface area (Å²) in [5.74, 6) is 1.59. The normalized spacial score (nSPS) is 11.8. The minimum atomic E-state index is -0.0311. The topological polar surface area (TPSA) is 30.7 Å². The van der Waals surface area contributed by atoms with Crippen LogP contribution in [0.15, 0.2) is 170 Å². The van der Waals surface area contributed by atoms with Gasteiger partial charge in [-0.2, -0.15) is 5.10 Å². The van der Waals surface area contributed by atoms with Gasteiger partial charge < -0.3 is 0 Å². The highest BCUT2D eigenvalue weighted by Crippen LogP contribution is 2.42. The first-order valence-electron chi connectivity index (χ1n) is 21.8. The Bertz CT molecular complexity index is 2560. The summed E-state index contributed by atoms with van der Waals surface area (Å²) in [7, 11) is 0. The molecule has 60 heavy (non-hydrogen) atoms. The van der Waals surface area contributed by atoms with Crippen LogP contribution in [0.4, 0.5) is 0 Å². The number of para-hydroxylation sites is 1. The summed E-state index contributed by atoms with van der Waals surface area (Å²) in [6.45, 7) is 15.5. The molecule has 300 valence electrons. The van der Waals surface area contributed by atoms with Crippen LogP contribution >= 0.6 is 0 Å². The molecule has 0 N–H and O–H groups in total. The molecule has 0 saturated carbocycles. The quantitative estimate of drug-likeness (QED) is 0.117. The number of benzene rings is 7. The second-order valence-electron chi connectivity index (χ2n) is 16.5. The van der Waals surface area contributed by atoms with Crippen LogP contribution < -0.4 is 0 Å². The van der Waals surface area contributed by atoms with Gasteiger partial charge in [-0.25, -0.2) is 9.67 Å². The van der Waals surface area contributed by atoms with Crippen LogP contribution in [0.3, 0.4) is 0 Å². The monoisotopic (exact) mass is 783 g/mol. The summed E-state index contributed by atoms with van der Waals surface area (Å²) in [6.07, 6.45) is 4.16. The lowest BCUT2D eigenvalue weighted by atomic mass is 9.70. The van der Waals surface area contributed by atoms with Crippen molar-refractivity contribution in [1.29, 1.82) is 0 Å². The Morgan fingerprint density at radius 1 is 0.383 bits per heavy atom. The second-order valence-corrected chi connectivity index (χ2v) is 16.5. The molecule has 0 bridgehead atoms. The molecule has 0 radical (unpaired) electrons. The molecular weight excluding hydrogens is 727 g/mol. The minimum Gasteiger partial charge on any atom is -0.212 e. The lowest BCUT2D eigenvalue weighted by Gasteiger charge is -2.33. The molecule has 0 fully saturated rings. The Morgan fingerprint density at radius 2 is 0.767 bits per heavy atom. The Kier molecular flexibility index (Phi) is 11.5. The van der Waals surface area contributed by atoms with Crippen LogP contribution in [0.2, 0.25) is 0 Å². The zero-order valence-corrected chi connectivity index (χ0v) is 36.3. The molecule has 0 aliphatic rings. The molecule has 0 spiro atoms. The van der Waals surface area contributed by atoms with Crippen LogP contribution in [0.25, 0.3) is 50.5 Å². The fourth-order valence-corrected chi connectivity index (χ4v) is 9.81. The van der Waals surface area contributed by atoms with Gasteiger partial charge in [-0.1, -0.05) is 173 Å². The number of aromatic nitrogens is 3. The van der Waals surface area contributed by atoms with Gasteiger partial charge in [0.15, 0.2) is 5.82 Å². The summed E-state index contributed by atoms with van der Waals surface area (Å²) in [4.78, 5) is 4.98. The average Bonchev–Trinajstić information content (AvgIpc) is 3.69. The van der Waals surface area contributed by atoms with Gasteiger partial charge in [0.25, 0.3) is 0 Å². The number of nitrogens with zero attached hydrogens (tertiary/aromatic N) is 3. The number of rotatable bonds is 13. The van der Waals surface area contributed by atoms with E-state index in [1.807, 2.05) is 11.6 Å². The molecule has 8 aromatic rings. The van der Waals surface area contributed by atoms with Crippen molar-refractivity contribution in [2.24, 2.45) is 0 Å². The highest BCUT2D eigenvalue weighted by molar-refractivity contribution is 5.83. The SMILES string of the molecule is CCC(CC)(c1ccccc1)c1ccc(-c2cc(-c3ccc(C(CC)(CC)c4ccccc4)cc3)cc(-c3cccc(-c4nc(C)nn4-c4c(C)cccc4C)c3)c2)cc1. The third kappa shape index (κ3) is 7.43. The van der Waals surface area contributed by atoms with Gasteiger partial charge in [0.1, 0.15) is 5.82 Å². The fraction of sp³-hybridized carbons (Fsp3) is 0.228. The van der Waals surface area contributed by atoms with Gasteiger partial charge >= 0.3 is 0 Å². The molecule has 3 heteroatoms. The maximum atomic E-state index is 4.98. The van der Waals surface area contributed by atoms with Crippen molar-refractivity contribution in [3.63, 3.8) is 0 Å². The van der Waals surface area contributed by atoms with Gasteiger partial charge in [-0.05, 0) is 137 Å². The van der Waals surface area contributed by atoms with E-state index in [4.69, 9.17) is 10.1 Å². The van der Waals surface area contributed by atoms with Crippen LogP contribution in [0, 0.1) is 20.8 Å². The predicted molar refractivity (Wildman–Crippen MR) is 253 cm³/mol. The second kappa shape index (κ2) is 17.1. The standard InChI is InChI=1S/C57H57N3/c1-8-56(9-2,50-24-14-12-15-25-50)52-32-28-43(29-33-52)47-37-48(44-30-34-53(35-31-44)57(10-3,11-4)51-26-16-13-17-27-51)39-49(38-47)45-22-19-23-46(36-45)55-58-42(7)59-60(55)54-40(5)20-18-21-41(54)6/h12-39H,8-11H2,1-7H3. The molecule has 0 aliphatic carbocycles. The maximum absolute atomic E-state index is 4.98. The van der Waals surface area contributed by atoms with Crippen LogP contribution in [-0.4, -0.2) is 14.8 Å². The Labute approximate surface area is 357 Å². The van der Waals surface area contributed by atoms with E-state index in [2.05, 4.69) is 211 Å². The van der Waals surface area contributed by atoms with Gasteiger partial charge in [-0.3, -0.25) is 0 Å². The van der Waals surface area contributed by atoms with Crippen LogP contribution in [-0.2, 0) is 10.8 Å². The van der Waals surface area contributed by atoms with Crippen molar-refractivity contribution in [1.82, 2.24) is 14.8 Å². The lowest BCUT2D eigenvalue weighted by Crippen LogP contribution is -2.25. The summed E-state index contributed by atoms with van der Waals surface area (Å²) in [6, 6.07) is 63.0. The first-order valence-corrected chi connectivity index (χ1v) is 21.8. The number of hydrogen-bond donors (Lipinski definition) is 0. The van der Waals surface area contributed by atoms with Crippen LogP contribution in [0.1, 0.15) is 92.6 Å². The largest absolute Gasteiger partial charge is 0.212 e. The molecule has 0 saturated heterocycles. The highest BCUT2D eigenvalue weighted by Gasteiger charge is 2.31. The number of hydrogen-bond acceptors (Lipinski definition) is 2. The lowest BCUT2D eigenvalue weighted by molar-refractivity contribution is 0.478. The van der Waals surface area contributed by atoms with E-state index in [0.29, 0.717) is 0 Å². The molecule has 3 nitrogen and oxygen atoms in total. The van der Waals surface area contributed by atoms with E-state index in [9.17, 15) is 0 Å².